The zero-order chi connectivity index (χ0) is 15.4. The van der Waals surface area contributed by atoms with E-state index in [-0.39, 0.29) is 0 Å². The smallest absolute Gasteiger partial charge is 0.144 e. The zero-order valence-corrected chi connectivity index (χ0v) is 14.9. The maximum Gasteiger partial charge on any atom is 0.144 e. The van der Waals surface area contributed by atoms with Crippen molar-refractivity contribution >= 4 is 48.9 Å². The molecule has 0 amide bonds. The standard InChI is InChI=1S/C15H16Br2N2O2/c1-3-21-15-6-9(4-5-12(15)18)19-13-8-14(20-2)11(17)7-10(13)16/h4-8,19H,3,18H2,1-2H3. The third kappa shape index (κ3) is 3.83. The largest absolute Gasteiger partial charge is 0.495 e. The average Bonchev–Trinajstić information content (AvgIpc) is 2.45. The minimum Gasteiger partial charge on any atom is -0.495 e. The normalized spacial score (nSPS) is 10.3. The van der Waals surface area contributed by atoms with Gasteiger partial charge in [-0.15, -0.1) is 0 Å². The Balaban J connectivity index is 2.31. The molecule has 0 bridgehead atoms. The molecule has 0 saturated carbocycles. The van der Waals surface area contributed by atoms with Crippen molar-refractivity contribution in [1.29, 1.82) is 0 Å². The molecule has 6 heteroatoms. The lowest BCUT2D eigenvalue weighted by Crippen LogP contribution is -1.99. The number of benzene rings is 2. The van der Waals surface area contributed by atoms with Crippen molar-refractivity contribution in [2.75, 3.05) is 24.8 Å². The maximum absolute atomic E-state index is 5.88. The summed E-state index contributed by atoms with van der Waals surface area (Å²) in [5.41, 5.74) is 8.27. The van der Waals surface area contributed by atoms with Crippen molar-refractivity contribution in [3.05, 3.63) is 39.3 Å². The van der Waals surface area contributed by atoms with E-state index in [0.29, 0.717) is 18.0 Å². The van der Waals surface area contributed by atoms with E-state index < -0.39 is 0 Å². The number of hydrogen-bond donors (Lipinski definition) is 2. The number of rotatable bonds is 5. The highest BCUT2D eigenvalue weighted by atomic mass is 79.9. The van der Waals surface area contributed by atoms with Crippen LogP contribution in [0.1, 0.15) is 6.92 Å². The monoisotopic (exact) mass is 414 g/mol. The third-order valence-corrected chi connectivity index (χ3v) is 4.11. The fourth-order valence-corrected chi connectivity index (χ4v) is 3.08. The highest BCUT2D eigenvalue weighted by Gasteiger charge is 2.09. The number of methoxy groups -OCH3 is 1. The van der Waals surface area contributed by atoms with Crippen LogP contribution in [-0.2, 0) is 0 Å². The Bertz CT molecular complexity index is 648. The Hall–Kier alpha value is -1.40. The van der Waals surface area contributed by atoms with Gasteiger partial charge in [0.1, 0.15) is 11.5 Å². The molecule has 0 aliphatic carbocycles. The molecule has 3 N–H and O–H groups in total. The third-order valence-electron chi connectivity index (χ3n) is 2.83. The van der Waals surface area contributed by atoms with Crippen molar-refractivity contribution < 1.29 is 9.47 Å². The molecule has 0 aromatic heterocycles. The topological polar surface area (TPSA) is 56.5 Å². The van der Waals surface area contributed by atoms with Gasteiger partial charge in [-0.2, -0.15) is 0 Å². The lowest BCUT2D eigenvalue weighted by Gasteiger charge is -2.14. The van der Waals surface area contributed by atoms with E-state index in [1.165, 1.54) is 0 Å². The molecule has 0 unspecified atom stereocenters. The summed E-state index contributed by atoms with van der Waals surface area (Å²) in [6, 6.07) is 9.43. The molecule has 2 aromatic carbocycles. The highest BCUT2D eigenvalue weighted by Crippen LogP contribution is 2.37. The van der Waals surface area contributed by atoms with E-state index in [0.717, 1.165) is 26.1 Å². The fraction of sp³-hybridized carbons (Fsp3) is 0.200. The Labute approximate surface area is 140 Å². The molecule has 0 aliphatic heterocycles. The molecule has 0 fully saturated rings. The van der Waals surface area contributed by atoms with Crippen molar-refractivity contribution in [1.82, 2.24) is 0 Å². The van der Waals surface area contributed by atoms with Crippen LogP contribution in [0.2, 0.25) is 0 Å². The van der Waals surface area contributed by atoms with Crippen LogP contribution < -0.4 is 20.5 Å². The van der Waals surface area contributed by atoms with E-state index in [9.17, 15) is 0 Å². The van der Waals surface area contributed by atoms with Gasteiger partial charge in [0, 0.05) is 22.3 Å². The Morgan fingerprint density at radius 1 is 1.10 bits per heavy atom. The van der Waals surface area contributed by atoms with Gasteiger partial charge in [-0.25, -0.2) is 0 Å². The first-order chi connectivity index (χ1) is 10.0. The molecular weight excluding hydrogens is 400 g/mol. The van der Waals surface area contributed by atoms with Crippen LogP contribution in [0, 0.1) is 0 Å². The van der Waals surface area contributed by atoms with Crippen LogP contribution in [0.4, 0.5) is 17.1 Å². The minimum atomic E-state index is 0.573. The summed E-state index contributed by atoms with van der Waals surface area (Å²) >= 11 is 6.98. The summed E-state index contributed by atoms with van der Waals surface area (Å²) in [7, 11) is 1.63. The second-order valence-corrected chi connectivity index (χ2v) is 5.99. The van der Waals surface area contributed by atoms with E-state index in [1.807, 2.05) is 37.3 Å². The molecule has 0 atom stereocenters. The van der Waals surface area contributed by atoms with Crippen LogP contribution in [0.25, 0.3) is 0 Å². The molecule has 2 aromatic rings. The number of nitrogens with two attached hydrogens (primary N) is 1. The van der Waals surface area contributed by atoms with Gasteiger partial charge in [-0.1, -0.05) is 0 Å². The lowest BCUT2D eigenvalue weighted by atomic mass is 10.2. The Kier molecular flexibility index (Phi) is 5.36. The number of hydrogen-bond acceptors (Lipinski definition) is 4. The molecule has 2 rings (SSSR count). The zero-order valence-electron chi connectivity index (χ0n) is 11.7. The summed E-state index contributed by atoms with van der Waals surface area (Å²) in [5.74, 6) is 1.42. The summed E-state index contributed by atoms with van der Waals surface area (Å²) in [6.45, 7) is 2.50. The molecule has 0 spiro atoms. The van der Waals surface area contributed by atoms with Crippen LogP contribution in [0.15, 0.2) is 39.3 Å². The molecule has 4 nitrogen and oxygen atoms in total. The fourth-order valence-electron chi connectivity index (χ4n) is 1.83. The molecule has 0 saturated heterocycles. The van der Waals surface area contributed by atoms with Gasteiger partial charge in [-0.3, -0.25) is 0 Å². The van der Waals surface area contributed by atoms with Gasteiger partial charge in [0.05, 0.1) is 29.6 Å². The maximum atomic E-state index is 5.88. The van der Waals surface area contributed by atoms with E-state index >= 15 is 0 Å². The summed E-state index contributed by atoms with van der Waals surface area (Å²) in [4.78, 5) is 0. The average molecular weight is 416 g/mol. The van der Waals surface area contributed by atoms with Crippen molar-refractivity contribution in [3.63, 3.8) is 0 Å². The van der Waals surface area contributed by atoms with Crippen LogP contribution in [0.3, 0.4) is 0 Å². The molecular formula is C15H16Br2N2O2. The molecule has 112 valence electrons. The van der Waals surface area contributed by atoms with E-state index in [2.05, 4.69) is 37.2 Å². The number of nitrogen functional groups attached to an aromatic ring is 1. The Morgan fingerprint density at radius 2 is 1.86 bits per heavy atom. The summed E-state index contributed by atoms with van der Waals surface area (Å²) < 4.78 is 12.6. The predicted octanol–water partition coefficient (Wildman–Crippen LogP) is 4.94. The van der Waals surface area contributed by atoms with Crippen molar-refractivity contribution in [3.8, 4) is 11.5 Å². The van der Waals surface area contributed by atoms with Gasteiger partial charge >= 0.3 is 0 Å². The van der Waals surface area contributed by atoms with Crippen LogP contribution in [0.5, 0.6) is 11.5 Å². The van der Waals surface area contributed by atoms with Crippen LogP contribution >= 0.6 is 31.9 Å². The van der Waals surface area contributed by atoms with Gasteiger partial charge in [-0.05, 0) is 57.0 Å². The van der Waals surface area contributed by atoms with Gasteiger partial charge in [0.25, 0.3) is 0 Å². The molecule has 0 radical (unpaired) electrons. The summed E-state index contributed by atoms with van der Waals surface area (Å²) in [5, 5.41) is 3.32. The van der Waals surface area contributed by atoms with Gasteiger partial charge < -0.3 is 20.5 Å². The van der Waals surface area contributed by atoms with Gasteiger partial charge in [0.2, 0.25) is 0 Å². The van der Waals surface area contributed by atoms with Crippen LogP contribution in [-0.4, -0.2) is 13.7 Å². The quantitative estimate of drug-likeness (QED) is 0.678. The molecule has 0 heterocycles. The first kappa shape index (κ1) is 16.0. The Morgan fingerprint density at radius 3 is 2.52 bits per heavy atom. The SMILES string of the molecule is CCOc1cc(Nc2cc(OC)c(Br)cc2Br)ccc1N. The molecule has 0 aliphatic rings. The summed E-state index contributed by atoms with van der Waals surface area (Å²) in [6.07, 6.45) is 0. The van der Waals surface area contributed by atoms with E-state index in [4.69, 9.17) is 15.2 Å². The minimum absolute atomic E-state index is 0.573. The van der Waals surface area contributed by atoms with Crippen molar-refractivity contribution in [2.24, 2.45) is 0 Å². The molecule has 21 heavy (non-hydrogen) atoms. The van der Waals surface area contributed by atoms with Gasteiger partial charge in [0.15, 0.2) is 0 Å². The lowest BCUT2D eigenvalue weighted by molar-refractivity contribution is 0.342. The number of ether oxygens (including phenoxy) is 2. The number of nitrogens with one attached hydrogen (secondary N) is 1. The first-order valence-electron chi connectivity index (χ1n) is 6.37. The number of halogens is 2. The highest BCUT2D eigenvalue weighted by molar-refractivity contribution is 9.11. The predicted molar refractivity (Wildman–Crippen MR) is 93.7 cm³/mol. The van der Waals surface area contributed by atoms with E-state index in [1.54, 1.807) is 7.11 Å². The second kappa shape index (κ2) is 7.04. The number of anilines is 3. The van der Waals surface area contributed by atoms with Crippen molar-refractivity contribution in [2.45, 2.75) is 6.92 Å². The first-order valence-corrected chi connectivity index (χ1v) is 7.96. The second-order valence-electron chi connectivity index (χ2n) is 4.28.